The Kier molecular flexibility index (Phi) is 1.23. The first kappa shape index (κ1) is 4.97. The summed E-state index contributed by atoms with van der Waals surface area (Å²) in [5.74, 6) is 0. The molecule has 1 rings (SSSR count). The highest BCUT2D eigenvalue weighted by atomic mass is 19.2. The largest absolute Gasteiger partial charge is 0.246 e. The van der Waals surface area contributed by atoms with Crippen molar-refractivity contribution < 1.29 is 8.87 Å². The SMILES string of the molecule is FC1CCN(F)C1. The van der Waals surface area contributed by atoms with Crippen LogP contribution in [0.15, 0.2) is 0 Å². The van der Waals surface area contributed by atoms with E-state index in [0.29, 0.717) is 11.5 Å². The molecular formula is C4H7F2N. The van der Waals surface area contributed by atoms with Crippen LogP contribution < -0.4 is 0 Å². The molecule has 0 N–H and O–H groups in total. The predicted molar refractivity (Wildman–Crippen MR) is 22.2 cm³/mol. The number of hydrogen-bond donors (Lipinski definition) is 0. The summed E-state index contributed by atoms with van der Waals surface area (Å²) < 4.78 is 23.7. The second kappa shape index (κ2) is 1.74. The zero-order valence-electron chi connectivity index (χ0n) is 3.90. The average Bonchev–Trinajstić information content (AvgIpc) is 1.87. The van der Waals surface area contributed by atoms with Gasteiger partial charge in [0.2, 0.25) is 0 Å². The predicted octanol–water partition coefficient (Wildman–Crippen LogP) is 0.915. The molecular weight excluding hydrogens is 100 g/mol. The molecule has 1 aliphatic heterocycles. The normalized spacial score (nSPS) is 34.3. The van der Waals surface area contributed by atoms with Crippen molar-refractivity contribution in [3.63, 3.8) is 0 Å². The summed E-state index contributed by atoms with van der Waals surface area (Å²) in [6, 6.07) is 0. The van der Waals surface area contributed by atoms with E-state index in [9.17, 15) is 8.87 Å². The first-order chi connectivity index (χ1) is 3.29. The zero-order valence-corrected chi connectivity index (χ0v) is 3.90. The van der Waals surface area contributed by atoms with E-state index in [4.69, 9.17) is 0 Å². The molecule has 0 saturated carbocycles. The fourth-order valence-corrected chi connectivity index (χ4v) is 0.678. The number of hydrogen-bond acceptors (Lipinski definition) is 1. The summed E-state index contributed by atoms with van der Waals surface area (Å²) >= 11 is 0. The first-order valence-corrected chi connectivity index (χ1v) is 2.34. The number of halogens is 2. The van der Waals surface area contributed by atoms with Crippen molar-refractivity contribution in [1.29, 1.82) is 0 Å². The van der Waals surface area contributed by atoms with Crippen molar-refractivity contribution in [3.05, 3.63) is 0 Å². The Morgan fingerprint density at radius 2 is 2.29 bits per heavy atom. The smallest absolute Gasteiger partial charge is 0.117 e. The Morgan fingerprint density at radius 1 is 1.57 bits per heavy atom. The zero-order chi connectivity index (χ0) is 5.28. The lowest BCUT2D eigenvalue weighted by molar-refractivity contribution is 0.0493. The molecule has 1 fully saturated rings. The minimum Gasteiger partial charge on any atom is -0.246 e. The van der Waals surface area contributed by atoms with E-state index in [1.54, 1.807) is 0 Å². The van der Waals surface area contributed by atoms with Gasteiger partial charge in [0.05, 0.1) is 6.54 Å². The van der Waals surface area contributed by atoms with E-state index in [1.165, 1.54) is 0 Å². The van der Waals surface area contributed by atoms with Crippen molar-refractivity contribution >= 4 is 0 Å². The van der Waals surface area contributed by atoms with Crippen molar-refractivity contribution in [2.45, 2.75) is 12.6 Å². The Bertz CT molecular complexity index is 58.7. The van der Waals surface area contributed by atoms with Gasteiger partial charge in [-0.05, 0) is 6.42 Å². The molecule has 0 spiro atoms. The molecule has 42 valence electrons. The van der Waals surface area contributed by atoms with Gasteiger partial charge in [0.25, 0.3) is 0 Å². The second-order valence-electron chi connectivity index (χ2n) is 1.75. The summed E-state index contributed by atoms with van der Waals surface area (Å²) in [6.45, 7) is 0.237. The van der Waals surface area contributed by atoms with Crippen molar-refractivity contribution in [2.75, 3.05) is 13.1 Å². The molecule has 0 bridgehead atoms. The van der Waals surface area contributed by atoms with Crippen molar-refractivity contribution in [1.82, 2.24) is 5.12 Å². The molecule has 1 heterocycles. The van der Waals surface area contributed by atoms with E-state index in [0.717, 1.165) is 0 Å². The Labute approximate surface area is 40.9 Å². The maximum Gasteiger partial charge on any atom is 0.117 e. The molecule has 1 atom stereocenters. The third-order valence-electron chi connectivity index (χ3n) is 1.08. The lowest BCUT2D eigenvalue weighted by atomic mass is 10.4. The quantitative estimate of drug-likeness (QED) is 0.416. The molecule has 0 aromatic heterocycles. The van der Waals surface area contributed by atoms with Gasteiger partial charge in [0.1, 0.15) is 6.17 Å². The third kappa shape index (κ3) is 1.09. The van der Waals surface area contributed by atoms with Crippen LogP contribution in [-0.4, -0.2) is 24.4 Å². The lowest BCUT2D eigenvalue weighted by Crippen LogP contribution is -2.08. The van der Waals surface area contributed by atoms with E-state index < -0.39 is 6.17 Å². The van der Waals surface area contributed by atoms with Crippen molar-refractivity contribution in [3.8, 4) is 0 Å². The maximum atomic E-state index is 11.9. The van der Waals surface area contributed by atoms with E-state index in [2.05, 4.69) is 0 Å². The summed E-state index contributed by atoms with van der Waals surface area (Å²) in [4.78, 5) is 0. The second-order valence-corrected chi connectivity index (χ2v) is 1.75. The van der Waals surface area contributed by atoms with Crippen LogP contribution in [0.2, 0.25) is 0 Å². The van der Waals surface area contributed by atoms with Crippen LogP contribution in [0.4, 0.5) is 8.87 Å². The van der Waals surface area contributed by atoms with Gasteiger partial charge in [0.15, 0.2) is 0 Å². The van der Waals surface area contributed by atoms with Gasteiger partial charge >= 0.3 is 0 Å². The molecule has 1 aliphatic rings. The standard InChI is InChI=1S/C4H7F2N/c5-4-1-2-7(6)3-4/h4H,1-3H2. The molecule has 1 nitrogen and oxygen atoms in total. The maximum absolute atomic E-state index is 11.9. The monoisotopic (exact) mass is 107 g/mol. The van der Waals surface area contributed by atoms with Crippen molar-refractivity contribution in [2.24, 2.45) is 0 Å². The van der Waals surface area contributed by atoms with Crippen LogP contribution in [0, 0.1) is 0 Å². The van der Waals surface area contributed by atoms with Crippen LogP contribution in [0.1, 0.15) is 6.42 Å². The highest BCUT2D eigenvalue weighted by Crippen LogP contribution is 2.10. The molecule has 7 heavy (non-hydrogen) atoms. The number of alkyl halides is 1. The van der Waals surface area contributed by atoms with Crippen LogP contribution in [0.25, 0.3) is 0 Å². The van der Waals surface area contributed by atoms with Gasteiger partial charge in [-0.25, -0.2) is 4.39 Å². The third-order valence-corrected chi connectivity index (χ3v) is 1.08. The summed E-state index contributed by atoms with van der Waals surface area (Å²) in [6.07, 6.45) is -0.568. The Balaban J connectivity index is 2.26. The molecule has 1 unspecified atom stereocenters. The lowest BCUT2D eigenvalue weighted by Gasteiger charge is -1.95. The molecule has 0 aromatic carbocycles. The fourth-order valence-electron chi connectivity index (χ4n) is 0.678. The summed E-state index contributed by atoms with van der Waals surface area (Å²) in [7, 11) is 0. The molecule has 3 heteroatoms. The van der Waals surface area contributed by atoms with Crippen LogP contribution in [-0.2, 0) is 0 Å². The average molecular weight is 107 g/mol. The van der Waals surface area contributed by atoms with Gasteiger partial charge < -0.3 is 0 Å². The Morgan fingerprint density at radius 3 is 2.43 bits per heavy atom. The molecule has 0 aliphatic carbocycles. The topological polar surface area (TPSA) is 3.24 Å². The summed E-state index contributed by atoms with van der Waals surface area (Å²) in [5, 5.41) is 0.505. The van der Waals surface area contributed by atoms with E-state index in [1.807, 2.05) is 0 Å². The summed E-state index contributed by atoms with van der Waals surface area (Å²) in [5.41, 5.74) is 0. The van der Waals surface area contributed by atoms with E-state index >= 15 is 0 Å². The molecule has 1 saturated heterocycles. The molecule has 0 aromatic rings. The Hall–Kier alpha value is -0.180. The number of nitrogens with zero attached hydrogens (tertiary/aromatic N) is 1. The highest BCUT2D eigenvalue weighted by molar-refractivity contribution is 4.67. The van der Waals surface area contributed by atoms with Gasteiger partial charge in [0, 0.05) is 6.54 Å². The van der Waals surface area contributed by atoms with Crippen LogP contribution in [0.5, 0.6) is 0 Å². The van der Waals surface area contributed by atoms with E-state index in [-0.39, 0.29) is 13.1 Å². The van der Waals surface area contributed by atoms with Crippen LogP contribution in [0.3, 0.4) is 0 Å². The van der Waals surface area contributed by atoms with Gasteiger partial charge in [-0.2, -0.15) is 0 Å². The van der Waals surface area contributed by atoms with Gasteiger partial charge in [-0.1, -0.05) is 0 Å². The van der Waals surface area contributed by atoms with Crippen LogP contribution >= 0.6 is 0 Å². The van der Waals surface area contributed by atoms with Gasteiger partial charge in [-0.3, -0.25) is 0 Å². The molecule has 0 radical (unpaired) electrons. The molecule has 0 amide bonds. The highest BCUT2D eigenvalue weighted by Gasteiger charge is 2.20. The fraction of sp³-hybridized carbons (Fsp3) is 1.00. The minimum absolute atomic E-state index is 0.0278. The first-order valence-electron chi connectivity index (χ1n) is 2.34. The minimum atomic E-state index is -0.926. The number of rotatable bonds is 0. The van der Waals surface area contributed by atoms with Gasteiger partial charge in [-0.15, -0.1) is 9.60 Å².